The van der Waals surface area contributed by atoms with E-state index in [0.29, 0.717) is 5.69 Å². The Kier molecular flexibility index (Phi) is 3.78. The lowest BCUT2D eigenvalue weighted by Gasteiger charge is -2.09. The summed E-state index contributed by atoms with van der Waals surface area (Å²) in [4.78, 5) is 4.04. The number of alkyl halides is 3. The van der Waals surface area contributed by atoms with E-state index in [1.54, 1.807) is 13.0 Å². The van der Waals surface area contributed by atoms with E-state index in [2.05, 4.69) is 10.1 Å². The van der Waals surface area contributed by atoms with E-state index < -0.39 is 12.0 Å². The molecule has 1 aromatic carbocycles. The van der Waals surface area contributed by atoms with Crippen LogP contribution in [-0.4, -0.2) is 14.8 Å². The standard InChI is InChI=1S/C11H9ClF3N3S/c1-6-3-7(2)9(19-12)4-8(6)18-5-16-10(17-18)11(13,14)15/h3-5H,1-2H3. The fourth-order valence-electron chi connectivity index (χ4n) is 1.66. The maximum atomic E-state index is 12.5. The first kappa shape index (κ1) is 14.2. The first-order chi connectivity index (χ1) is 8.82. The van der Waals surface area contributed by atoms with Crippen LogP contribution in [0.3, 0.4) is 0 Å². The first-order valence-corrected chi connectivity index (χ1v) is 6.86. The molecule has 0 amide bonds. The predicted molar refractivity (Wildman–Crippen MR) is 67.5 cm³/mol. The molecule has 0 unspecified atom stereocenters. The monoisotopic (exact) mass is 307 g/mol. The summed E-state index contributed by atoms with van der Waals surface area (Å²) < 4.78 is 38.5. The van der Waals surface area contributed by atoms with E-state index in [1.807, 2.05) is 13.0 Å². The lowest BCUT2D eigenvalue weighted by Crippen LogP contribution is -2.09. The van der Waals surface area contributed by atoms with Gasteiger partial charge in [0, 0.05) is 4.90 Å². The third kappa shape index (κ3) is 2.87. The molecule has 3 nitrogen and oxygen atoms in total. The van der Waals surface area contributed by atoms with Crippen LogP contribution in [0.4, 0.5) is 13.2 Å². The molecular weight excluding hydrogens is 299 g/mol. The Hall–Kier alpha value is -1.21. The highest BCUT2D eigenvalue weighted by atomic mass is 35.7. The molecule has 0 saturated carbocycles. The van der Waals surface area contributed by atoms with Gasteiger partial charge < -0.3 is 0 Å². The van der Waals surface area contributed by atoms with Gasteiger partial charge in [-0.25, -0.2) is 9.67 Å². The van der Waals surface area contributed by atoms with Crippen LogP contribution in [0.2, 0.25) is 0 Å². The Morgan fingerprint density at radius 1 is 1.21 bits per heavy atom. The van der Waals surface area contributed by atoms with Crippen molar-refractivity contribution in [3.05, 3.63) is 35.4 Å². The van der Waals surface area contributed by atoms with Gasteiger partial charge in [0.25, 0.3) is 5.82 Å². The summed E-state index contributed by atoms with van der Waals surface area (Å²) in [7, 11) is 6.73. The molecule has 1 heterocycles. The number of nitrogens with zero attached hydrogens (tertiary/aromatic N) is 3. The molecule has 1 aromatic heterocycles. The van der Waals surface area contributed by atoms with E-state index >= 15 is 0 Å². The molecule has 0 aliphatic rings. The fraction of sp³-hybridized carbons (Fsp3) is 0.273. The number of hydrogen-bond acceptors (Lipinski definition) is 3. The highest BCUT2D eigenvalue weighted by molar-refractivity contribution is 8.21. The van der Waals surface area contributed by atoms with Crippen molar-refractivity contribution in [1.29, 1.82) is 0 Å². The summed E-state index contributed by atoms with van der Waals surface area (Å²) in [5, 5.41) is 3.45. The van der Waals surface area contributed by atoms with Crippen LogP contribution >= 0.6 is 21.7 Å². The summed E-state index contributed by atoms with van der Waals surface area (Å²) in [6.45, 7) is 3.67. The predicted octanol–water partition coefficient (Wildman–Crippen LogP) is 4.15. The molecule has 2 rings (SSSR count). The molecule has 0 radical (unpaired) electrons. The van der Waals surface area contributed by atoms with E-state index in [4.69, 9.17) is 10.7 Å². The van der Waals surface area contributed by atoms with Crippen LogP contribution < -0.4 is 0 Å². The molecule has 102 valence electrons. The van der Waals surface area contributed by atoms with E-state index in [1.165, 1.54) is 0 Å². The molecule has 0 aliphatic carbocycles. The summed E-state index contributed by atoms with van der Waals surface area (Å²) in [5.74, 6) is -1.16. The van der Waals surface area contributed by atoms with Crippen molar-refractivity contribution in [3.63, 3.8) is 0 Å². The van der Waals surface area contributed by atoms with Crippen molar-refractivity contribution in [2.24, 2.45) is 0 Å². The Morgan fingerprint density at radius 3 is 2.42 bits per heavy atom. The van der Waals surface area contributed by atoms with E-state index in [9.17, 15) is 13.2 Å². The van der Waals surface area contributed by atoms with Crippen LogP contribution in [-0.2, 0) is 6.18 Å². The molecule has 0 bridgehead atoms. The zero-order chi connectivity index (χ0) is 14.2. The quantitative estimate of drug-likeness (QED) is 0.835. The van der Waals surface area contributed by atoms with Gasteiger partial charge in [-0.2, -0.15) is 13.2 Å². The number of rotatable bonds is 2. The van der Waals surface area contributed by atoms with Gasteiger partial charge >= 0.3 is 6.18 Å². The molecule has 2 aromatic rings. The number of aromatic nitrogens is 3. The van der Waals surface area contributed by atoms with Gasteiger partial charge in [0.05, 0.1) is 5.69 Å². The maximum Gasteiger partial charge on any atom is 0.453 e. The van der Waals surface area contributed by atoms with Crippen molar-refractivity contribution in [2.45, 2.75) is 24.9 Å². The third-order valence-electron chi connectivity index (χ3n) is 2.57. The highest BCUT2D eigenvalue weighted by Crippen LogP contribution is 2.31. The van der Waals surface area contributed by atoms with Crippen molar-refractivity contribution >= 4 is 21.7 Å². The Bertz CT molecular complexity index is 610. The molecule has 8 heteroatoms. The average molecular weight is 308 g/mol. The van der Waals surface area contributed by atoms with Gasteiger partial charge in [-0.05, 0) is 52.7 Å². The summed E-state index contributed by atoms with van der Waals surface area (Å²) in [5.41, 5.74) is 2.28. The second-order valence-corrected chi connectivity index (χ2v) is 5.05. The molecular formula is C11H9ClF3N3S. The van der Waals surface area contributed by atoms with Crippen molar-refractivity contribution < 1.29 is 13.2 Å². The third-order valence-corrected chi connectivity index (χ3v) is 3.67. The van der Waals surface area contributed by atoms with Crippen molar-refractivity contribution in [3.8, 4) is 5.69 Å². The van der Waals surface area contributed by atoms with Crippen LogP contribution in [0.15, 0.2) is 23.4 Å². The summed E-state index contributed by atoms with van der Waals surface area (Å²) >= 11 is 0. The zero-order valence-corrected chi connectivity index (χ0v) is 11.6. The van der Waals surface area contributed by atoms with Gasteiger partial charge in [0.1, 0.15) is 6.33 Å². The van der Waals surface area contributed by atoms with Crippen LogP contribution in [0.5, 0.6) is 0 Å². The molecule has 0 atom stereocenters. The average Bonchev–Trinajstić information content (AvgIpc) is 2.78. The largest absolute Gasteiger partial charge is 0.453 e. The molecule has 0 spiro atoms. The molecule has 0 N–H and O–H groups in total. The van der Waals surface area contributed by atoms with Crippen LogP contribution in [0.25, 0.3) is 5.69 Å². The number of halogens is 4. The smallest absolute Gasteiger partial charge is 0.220 e. The SMILES string of the molecule is Cc1cc(C)c(-n2cnc(C(F)(F)F)n2)cc1SCl. The lowest BCUT2D eigenvalue weighted by molar-refractivity contribution is -0.144. The van der Waals surface area contributed by atoms with E-state index in [0.717, 1.165) is 38.0 Å². The first-order valence-electron chi connectivity index (χ1n) is 5.22. The van der Waals surface area contributed by atoms with Gasteiger partial charge in [0.15, 0.2) is 0 Å². The van der Waals surface area contributed by atoms with Gasteiger partial charge in [-0.1, -0.05) is 6.07 Å². The minimum atomic E-state index is -4.55. The number of benzene rings is 1. The molecule has 0 fully saturated rings. The lowest BCUT2D eigenvalue weighted by atomic mass is 10.1. The summed E-state index contributed by atoms with van der Waals surface area (Å²) in [6.07, 6.45) is -3.50. The fourth-order valence-corrected chi connectivity index (χ4v) is 2.50. The zero-order valence-electron chi connectivity index (χ0n) is 9.99. The molecule has 0 saturated heterocycles. The van der Waals surface area contributed by atoms with E-state index in [-0.39, 0.29) is 0 Å². The second-order valence-electron chi connectivity index (χ2n) is 3.99. The Labute approximate surface area is 116 Å². The van der Waals surface area contributed by atoms with Crippen LogP contribution in [0.1, 0.15) is 17.0 Å². The Morgan fingerprint density at radius 2 is 1.89 bits per heavy atom. The number of aryl methyl sites for hydroxylation is 2. The van der Waals surface area contributed by atoms with Crippen LogP contribution in [0, 0.1) is 13.8 Å². The second kappa shape index (κ2) is 5.05. The Balaban J connectivity index is 2.50. The van der Waals surface area contributed by atoms with Crippen molar-refractivity contribution in [1.82, 2.24) is 14.8 Å². The summed E-state index contributed by atoms with van der Waals surface area (Å²) in [6, 6.07) is 3.53. The molecule has 0 aliphatic heterocycles. The van der Waals surface area contributed by atoms with Gasteiger partial charge in [-0.3, -0.25) is 0 Å². The minimum Gasteiger partial charge on any atom is -0.220 e. The van der Waals surface area contributed by atoms with Crippen molar-refractivity contribution in [2.75, 3.05) is 0 Å². The normalized spacial score (nSPS) is 11.9. The topological polar surface area (TPSA) is 30.7 Å². The molecule has 19 heavy (non-hydrogen) atoms. The highest BCUT2D eigenvalue weighted by Gasteiger charge is 2.36. The van der Waals surface area contributed by atoms with Gasteiger partial charge in [0.2, 0.25) is 0 Å². The number of hydrogen-bond donors (Lipinski definition) is 0. The maximum absolute atomic E-state index is 12.5. The minimum absolute atomic E-state index is 0.525. The van der Waals surface area contributed by atoms with Gasteiger partial charge in [-0.15, -0.1) is 5.10 Å².